The monoisotopic (exact) mass is 242 g/mol. The summed E-state index contributed by atoms with van der Waals surface area (Å²) in [7, 11) is 0. The van der Waals surface area contributed by atoms with Gasteiger partial charge in [0.05, 0.1) is 5.69 Å². The summed E-state index contributed by atoms with van der Waals surface area (Å²) in [4.78, 5) is 0. The van der Waals surface area contributed by atoms with Crippen LogP contribution in [-0.4, -0.2) is 11.2 Å². The zero-order valence-corrected chi connectivity index (χ0v) is 10.8. The second-order valence-corrected chi connectivity index (χ2v) is 5.16. The van der Waals surface area contributed by atoms with Crippen LogP contribution < -0.4 is 5.32 Å². The number of benzene rings is 1. The zero-order valence-electron chi connectivity index (χ0n) is 10.8. The highest BCUT2D eigenvalue weighted by atomic mass is 16.5. The summed E-state index contributed by atoms with van der Waals surface area (Å²) in [5.74, 6) is 1.41. The number of aromatic nitrogens is 1. The molecule has 0 spiro atoms. The summed E-state index contributed by atoms with van der Waals surface area (Å²) >= 11 is 0. The Labute approximate surface area is 107 Å². The van der Waals surface area contributed by atoms with Crippen molar-refractivity contribution in [3.63, 3.8) is 0 Å². The van der Waals surface area contributed by atoms with Crippen LogP contribution in [0.2, 0.25) is 0 Å². The van der Waals surface area contributed by atoms with Gasteiger partial charge in [-0.1, -0.05) is 35.5 Å². The van der Waals surface area contributed by atoms with Gasteiger partial charge in [-0.2, -0.15) is 0 Å². The first-order chi connectivity index (χ1) is 8.75. The second-order valence-electron chi connectivity index (χ2n) is 5.16. The van der Waals surface area contributed by atoms with Gasteiger partial charge in [0.15, 0.2) is 0 Å². The van der Waals surface area contributed by atoms with Crippen LogP contribution in [0.3, 0.4) is 0 Å². The lowest BCUT2D eigenvalue weighted by atomic mass is 10.1. The Kier molecular flexibility index (Phi) is 2.82. The number of nitrogens with zero attached hydrogens (tertiary/aromatic N) is 1. The van der Waals surface area contributed by atoms with E-state index in [0.29, 0.717) is 17.9 Å². The van der Waals surface area contributed by atoms with Gasteiger partial charge in [-0.3, -0.25) is 0 Å². The zero-order chi connectivity index (χ0) is 12.5. The van der Waals surface area contributed by atoms with Crippen molar-refractivity contribution in [2.75, 3.05) is 5.32 Å². The van der Waals surface area contributed by atoms with E-state index in [0.717, 1.165) is 11.4 Å². The van der Waals surface area contributed by atoms with Gasteiger partial charge >= 0.3 is 0 Å². The van der Waals surface area contributed by atoms with Gasteiger partial charge in [0.25, 0.3) is 0 Å². The van der Waals surface area contributed by atoms with Gasteiger partial charge in [-0.05, 0) is 37.7 Å². The summed E-state index contributed by atoms with van der Waals surface area (Å²) < 4.78 is 4.95. The molecule has 1 unspecified atom stereocenters. The lowest BCUT2D eigenvalue weighted by Crippen LogP contribution is -2.18. The molecule has 1 fully saturated rings. The molecule has 18 heavy (non-hydrogen) atoms. The van der Waals surface area contributed by atoms with E-state index in [2.05, 4.69) is 47.7 Å². The SMILES string of the molecule is Cc1nocc1NC(C)[C@@H]1C[C@H]1c1ccccc1. The highest BCUT2D eigenvalue weighted by Gasteiger charge is 2.42. The molecule has 1 aromatic heterocycles. The number of rotatable bonds is 4. The van der Waals surface area contributed by atoms with Crippen molar-refractivity contribution in [3.05, 3.63) is 47.9 Å². The Hall–Kier alpha value is -1.77. The molecule has 1 heterocycles. The molecular weight excluding hydrogens is 224 g/mol. The molecule has 0 amide bonds. The molecule has 1 aliphatic carbocycles. The molecule has 1 saturated carbocycles. The number of hydrogen-bond acceptors (Lipinski definition) is 3. The van der Waals surface area contributed by atoms with E-state index in [4.69, 9.17) is 4.52 Å². The van der Waals surface area contributed by atoms with Crippen LogP contribution in [0, 0.1) is 12.8 Å². The molecular formula is C15H18N2O. The van der Waals surface area contributed by atoms with E-state index in [9.17, 15) is 0 Å². The maximum absolute atomic E-state index is 4.95. The van der Waals surface area contributed by atoms with Crippen molar-refractivity contribution >= 4 is 5.69 Å². The van der Waals surface area contributed by atoms with Gasteiger partial charge in [0.2, 0.25) is 0 Å². The Morgan fingerprint density at radius 3 is 2.78 bits per heavy atom. The van der Waals surface area contributed by atoms with Crippen molar-refractivity contribution in [2.24, 2.45) is 5.92 Å². The first-order valence-electron chi connectivity index (χ1n) is 6.48. The summed E-state index contributed by atoms with van der Waals surface area (Å²) in [6, 6.07) is 11.2. The van der Waals surface area contributed by atoms with Crippen LogP contribution in [0.1, 0.15) is 30.5 Å². The van der Waals surface area contributed by atoms with E-state index in [1.165, 1.54) is 12.0 Å². The quantitative estimate of drug-likeness (QED) is 0.890. The molecule has 0 bridgehead atoms. The molecule has 94 valence electrons. The highest BCUT2D eigenvalue weighted by molar-refractivity contribution is 5.45. The fourth-order valence-corrected chi connectivity index (χ4v) is 2.63. The average Bonchev–Trinajstić information content (AvgIpc) is 3.10. The van der Waals surface area contributed by atoms with Gasteiger partial charge in [0.1, 0.15) is 12.0 Å². The third kappa shape index (κ3) is 2.13. The van der Waals surface area contributed by atoms with Gasteiger partial charge in [-0.25, -0.2) is 0 Å². The molecule has 0 aliphatic heterocycles. The molecule has 1 N–H and O–H groups in total. The predicted molar refractivity (Wildman–Crippen MR) is 71.6 cm³/mol. The summed E-state index contributed by atoms with van der Waals surface area (Å²) in [6.45, 7) is 4.19. The predicted octanol–water partition coefficient (Wildman–Crippen LogP) is 3.59. The minimum atomic E-state index is 0.452. The van der Waals surface area contributed by atoms with E-state index in [-0.39, 0.29) is 0 Å². The molecule has 2 aromatic rings. The number of hydrogen-bond donors (Lipinski definition) is 1. The lowest BCUT2D eigenvalue weighted by molar-refractivity contribution is 0.415. The van der Waals surface area contributed by atoms with Crippen LogP contribution in [-0.2, 0) is 0 Å². The number of aryl methyl sites for hydroxylation is 1. The Morgan fingerprint density at radius 2 is 2.11 bits per heavy atom. The first kappa shape index (κ1) is 11.3. The first-order valence-corrected chi connectivity index (χ1v) is 6.48. The molecule has 0 radical (unpaired) electrons. The van der Waals surface area contributed by atoms with E-state index in [1.54, 1.807) is 6.26 Å². The second kappa shape index (κ2) is 4.48. The number of nitrogens with one attached hydrogen (secondary N) is 1. The fraction of sp³-hybridized carbons (Fsp3) is 0.400. The maximum atomic E-state index is 4.95. The fourth-order valence-electron chi connectivity index (χ4n) is 2.63. The van der Waals surface area contributed by atoms with Crippen LogP contribution >= 0.6 is 0 Å². The molecule has 0 saturated heterocycles. The van der Waals surface area contributed by atoms with Crippen LogP contribution in [0.15, 0.2) is 41.1 Å². The van der Waals surface area contributed by atoms with Crippen molar-refractivity contribution in [1.29, 1.82) is 0 Å². The third-order valence-electron chi connectivity index (χ3n) is 3.84. The smallest absolute Gasteiger partial charge is 0.147 e. The molecule has 3 rings (SSSR count). The molecule has 3 heteroatoms. The maximum Gasteiger partial charge on any atom is 0.147 e. The summed E-state index contributed by atoms with van der Waals surface area (Å²) in [5, 5.41) is 7.38. The molecule has 3 atom stereocenters. The minimum absolute atomic E-state index is 0.452. The topological polar surface area (TPSA) is 38.1 Å². The molecule has 1 aromatic carbocycles. The minimum Gasteiger partial charge on any atom is -0.378 e. The standard InChI is InChI=1S/C15H18N2O/c1-10(16-15-9-18-17-11(15)2)13-8-14(13)12-6-4-3-5-7-12/h3-7,9-10,13-14,16H,8H2,1-2H3/t10?,13-,14-/m0/s1. The van der Waals surface area contributed by atoms with Crippen molar-refractivity contribution in [3.8, 4) is 0 Å². The van der Waals surface area contributed by atoms with Crippen LogP contribution in [0.4, 0.5) is 5.69 Å². The van der Waals surface area contributed by atoms with Gasteiger partial charge < -0.3 is 9.84 Å². The molecule has 3 nitrogen and oxygen atoms in total. The molecule has 1 aliphatic rings. The summed E-state index contributed by atoms with van der Waals surface area (Å²) in [6.07, 6.45) is 2.95. The van der Waals surface area contributed by atoms with Gasteiger partial charge in [0, 0.05) is 6.04 Å². The third-order valence-corrected chi connectivity index (χ3v) is 3.84. The van der Waals surface area contributed by atoms with E-state index >= 15 is 0 Å². The highest BCUT2D eigenvalue weighted by Crippen LogP contribution is 2.50. The van der Waals surface area contributed by atoms with Crippen molar-refractivity contribution < 1.29 is 4.52 Å². The Bertz CT molecular complexity index is 520. The number of anilines is 1. The van der Waals surface area contributed by atoms with Crippen LogP contribution in [0.25, 0.3) is 0 Å². The van der Waals surface area contributed by atoms with Crippen molar-refractivity contribution in [1.82, 2.24) is 5.16 Å². The Morgan fingerprint density at radius 1 is 1.33 bits per heavy atom. The lowest BCUT2D eigenvalue weighted by Gasteiger charge is -2.13. The largest absolute Gasteiger partial charge is 0.378 e. The average molecular weight is 242 g/mol. The van der Waals surface area contributed by atoms with E-state index in [1.807, 2.05) is 6.92 Å². The summed E-state index contributed by atoms with van der Waals surface area (Å²) in [5.41, 5.74) is 3.40. The van der Waals surface area contributed by atoms with E-state index < -0.39 is 0 Å². The van der Waals surface area contributed by atoms with Crippen molar-refractivity contribution in [2.45, 2.75) is 32.2 Å². The van der Waals surface area contributed by atoms with Crippen LogP contribution in [0.5, 0.6) is 0 Å². The van der Waals surface area contributed by atoms with Gasteiger partial charge in [-0.15, -0.1) is 0 Å². The Balaban J connectivity index is 1.63. The normalized spacial score (nSPS) is 23.7.